The fourth-order valence-electron chi connectivity index (χ4n) is 2.49. The number of hydrogen-bond donors (Lipinski definition) is 1. The van der Waals surface area contributed by atoms with Crippen LogP contribution in [0.1, 0.15) is 41.3 Å². The van der Waals surface area contributed by atoms with Crippen molar-refractivity contribution in [3.05, 3.63) is 21.7 Å². The molecule has 110 valence electrons. The van der Waals surface area contributed by atoms with E-state index in [4.69, 9.17) is 5.11 Å². The van der Waals surface area contributed by atoms with Crippen molar-refractivity contribution in [1.82, 2.24) is 9.88 Å². The molecule has 1 saturated heterocycles. The Balaban J connectivity index is 1.89. The Morgan fingerprint density at radius 3 is 2.70 bits per heavy atom. The molecule has 1 aromatic rings. The minimum Gasteiger partial charge on any atom is -0.478 e. The third-order valence-electron chi connectivity index (χ3n) is 3.59. The fraction of sp³-hybridized carbons (Fsp3) is 0.600. The van der Waals surface area contributed by atoms with E-state index in [-0.39, 0.29) is 0 Å². The summed E-state index contributed by atoms with van der Waals surface area (Å²) in [6.07, 6.45) is 9.12. The molecular formula is C15H22N2O2S. The van der Waals surface area contributed by atoms with Gasteiger partial charge in [0.1, 0.15) is 0 Å². The number of thiazole rings is 1. The lowest BCUT2D eigenvalue weighted by molar-refractivity contribution is -0.131. The van der Waals surface area contributed by atoms with Gasteiger partial charge in [0.15, 0.2) is 0 Å². The van der Waals surface area contributed by atoms with E-state index >= 15 is 0 Å². The van der Waals surface area contributed by atoms with Crippen LogP contribution in [0.15, 0.2) is 6.08 Å². The first-order valence-corrected chi connectivity index (χ1v) is 8.06. The molecule has 0 aromatic carbocycles. The van der Waals surface area contributed by atoms with Crippen LogP contribution >= 0.6 is 11.3 Å². The van der Waals surface area contributed by atoms with Gasteiger partial charge in [-0.25, -0.2) is 9.78 Å². The largest absolute Gasteiger partial charge is 0.478 e. The monoisotopic (exact) mass is 294 g/mol. The standard InChI is InChI=1S/C15H22N2O2S/c1-12-13(6-7-15(18)19)20-14(16-12)8-11-17-9-4-2-3-5-10-17/h6-7H,2-5,8-11H2,1H3,(H,18,19)/b7-6+. The molecule has 2 rings (SSSR count). The van der Waals surface area contributed by atoms with Gasteiger partial charge in [0, 0.05) is 19.0 Å². The van der Waals surface area contributed by atoms with Crippen molar-refractivity contribution in [2.45, 2.75) is 39.0 Å². The zero-order valence-corrected chi connectivity index (χ0v) is 12.8. The van der Waals surface area contributed by atoms with Crippen LogP contribution < -0.4 is 0 Å². The summed E-state index contributed by atoms with van der Waals surface area (Å²) in [6.45, 7) is 5.41. The molecule has 1 N–H and O–H groups in total. The summed E-state index contributed by atoms with van der Waals surface area (Å²) >= 11 is 1.61. The first-order chi connectivity index (χ1) is 9.65. The van der Waals surface area contributed by atoms with Crippen molar-refractivity contribution in [2.75, 3.05) is 19.6 Å². The molecule has 1 fully saturated rings. The van der Waals surface area contributed by atoms with Crippen molar-refractivity contribution >= 4 is 23.4 Å². The average molecular weight is 294 g/mol. The van der Waals surface area contributed by atoms with E-state index in [1.165, 1.54) is 44.8 Å². The van der Waals surface area contributed by atoms with Crippen molar-refractivity contribution < 1.29 is 9.90 Å². The van der Waals surface area contributed by atoms with Crippen LogP contribution in [0.4, 0.5) is 0 Å². The highest BCUT2D eigenvalue weighted by atomic mass is 32.1. The number of hydrogen-bond acceptors (Lipinski definition) is 4. The van der Waals surface area contributed by atoms with E-state index in [1.807, 2.05) is 6.92 Å². The molecule has 0 amide bonds. The first kappa shape index (κ1) is 15.2. The molecule has 0 saturated carbocycles. The predicted molar refractivity (Wildman–Crippen MR) is 82.1 cm³/mol. The second kappa shape index (κ2) is 7.55. The SMILES string of the molecule is Cc1nc(CCN2CCCCCC2)sc1/C=C/C(=O)O. The molecule has 0 bridgehead atoms. The molecule has 0 radical (unpaired) electrons. The lowest BCUT2D eigenvalue weighted by atomic mass is 10.2. The topological polar surface area (TPSA) is 53.4 Å². The molecule has 1 aliphatic heterocycles. The highest BCUT2D eigenvalue weighted by molar-refractivity contribution is 7.12. The number of rotatable bonds is 5. The summed E-state index contributed by atoms with van der Waals surface area (Å²) in [5.41, 5.74) is 0.929. The summed E-state index contributed by atoms with van der Waals surface area (Å²) in [5, 5.41) is 9.77. The van der Waals surface area contributed by atoms with Crippen LogP contribution in [0.3, 0.4) is 0 Å². The van der Waals surface area contributed by atoms with Gasteiger partial charge < -0.3 is 10.0 Å². The van der Waals surface area contributed by atoms with Crippen molar-refractivity contribution in [1.29, 1.82) is 0 Å². The normalized spacial score (nSPS) is 17.4. The van der Waals surface area contributed by atoms with Crippen LogP contribution in [-0.2, 0) is 11.2 Å². The smallest absolute Gasteiger partial charge is 0.328 e. The summed E-state index contributed by atoms with van der Waals surface area (Å²) in [5.74, 6) is -0.913. The molecule has 0 atom stereocenters. The van der Waals surface area contributed by atoms with Crippen molar-refractivity contribution in [3.63, 3.8) is 0 Å². The van der Waals surface area contributed by atoms with Crippen LogP contribution in [-0.4, -0.2) is 40.6 Å². The van der Waals surface area contributed by atoms with Crippen LogP contribution in [0.5, 0.6) is 0 Å². The molecule has 20 heavy (non-hydrogen) atoms. The molecule has 2 heterocycles. The number of nitrogens with zero attached hydrogens (tertiary/aromatic N) is 2. The maximum absolute atomic E-state index is 10.5. The molecule has 1 aliphatic rings. The Morgan fingerprint density at radius 2 is 2.05 bits per heavy atom. The Hall–Kier alpha value is -1.20. The first-order valence-electron chi connectivity index (χ1n) is 7.25. The maximum atomic E-state index is 10.5. The molecule has 0 spiro atoms. The average Bonchev–Trinajstić information content (AvgIpc) is 2.63. The Labute approximate surface area is 124 Å². The number of aliphatic carboxylic acids is 1. The van der Waals surface area contributed by atoms with Gasteiger partial charge in [-0.05, 0) is 38.9 Å². The van der Waals surface area contributed by atoms with Gasteiger partial charge >= 0.3 is 5.97 Å². The van der Waals surface area contributed by atoms with Crippen LogP contribution in [0.2, 0.25) is 0 Å². The van der Waals surface area contributed by atoms with Crippen LogP contribution in [0, 0.1) is 6.92 Å². The van der Waals surface area contributed by atoms with Gasteiger partial charge in [-0.1, -0.05) is 12.8 Å². The maximum Gasteiger partial charge on any atom is 0.328 e. The summed E-state index contributed by atoms with van der Waals surface area (Å²) in [4.78, 5) is 18.6. The quantitative estimate of drug-likeness (QED) is 0.848. The van der Waals surface area contributed by atoms with Gasteiger partial charge in [0.25, 0.3) is 0 Å². The number of likely N-dealkylation sites (tertiary alicyclic amines) is 1. The lowest BCUT2D eigenvalue weighted by Crippen LogP contribution is -2.26. The van der Waals surface area contributed by atoms with E-state index in [0.29, 0.717) is 0 Å². The predicted octanol–water partition coefficient (Wildman–Crippen LogP) is 2.97. The third kappa shape index (κ3) is 4.72. The second-order valence-corrected chi connectivity index (χ2v) is 6.35. The molecule has 4 nitrogen and oxygen atoms in total. The van der Waals surface area contributed by atoms with Crippen molar-refractivity contribution in [3.8, 4) is 0 Å². The minimum atomic E-state index is -0.913. The third-order valence-corrected chi connectivity index (χ3v) is 4.78. The number of aromatic nitrogens is 1. The van der Waals surface area contributed by atoms with Crippen LogP contribution in [0.25, 0.3) is 6.08 Å². The summed E-state index contributed by atoms with van der Waals surface area (Å²) in [6, 6.07) is 0. The van der Waals surface area contributed by atoms with E-state index in [0.717, 1.165) is 28.5 Å². The highest BCUT2D eigenvalue weighted by Gasteiger charge is 2.11. The Morgan fingerprint density at radius 1 is 1.35 bits per heavy atom. The number of carboxylic acids is 1. The lowest BCUT2D eigenvalue weighted by Gasteiger charge is -2.18. The number of aryl methyl sites for hydroxylation is 1. The molecular weight excluding hydrogens is 272 g/mol. The fourth-order valence-corrected chi connectivity index (χ4v) is 3.45. The summed E-state index contributed by atoms with van der Waals surface area (Å²) in [7, 11) is 0. The number of carboxylic acid groups (broad SMARTS) is 1. The van der Waals surface area contributed by atoms with E-state index in [9.17, 15) is 4.79 Å². The minimum absolute atomic E-state index is 0.913. The Kier molecular flexibility index (Phi) is 5.73. The summed E-state index contributed by atoms with van der Waals surface area (Å²) < 4.78 is 0. The molecule has 0 aliphatic carbocycles. The van der Waals surface area contributed by atoms with Gasteiger partial charge in [-0.3, -0.25) is 0 Å². The van der Waals surface area contributed by atoms with E-state index in [1.54, 1.807) is 17.4 Å². The number of carbonyl (C=O) groups is 1. The van der Waals surface area contributed by atoms with E-state index in [2.05, 4.69) is 9.88 Å². The van der Waals surface area contributed by atoms with Gasteiger partial charge in [-0.15, -0.1) is 11.3 Å². The molecule has 0 unspecified atom stereocenters. The zero-order valence-electron chi connectivity index (χ0n) is 12.0. The van der Waals surface area contributed by atoms with Gasteiger partial charge in [0.2, 0.25) is 0 Å². The van der Waals surface area contributed by atoms with Gasteiger partial charge in [0.05, 0.1) is 15.6 Å². The molecule has 5 heteroatoms. The molecule has 1 aromatic heterocycles. The highest BCUT2D eigenvalue weighted by Crippen LogP contribution is 2.20. The Bertz CT molecular complexity index is 474. The second-order valence-electron chi connectivity index (χ2n) is 5.23. The van der Waals surface area contributed by atoms with E-state index < -0.39 is 5.97 Å². The zero-order chi connectivity index (χ0) is 14.4. The van der Waals surface area contributed by atoms with Crippen molar-refractivity contribution in [2.24, 2.45) is 0 Å². The van der Waals surface area contributed by atoms with Gasteiger partial charge in [-0.2, -0.15) is 0 Å².